The van der Waals surface area contributed by atoms with Crippen LogP contribution in [0.5, 0.6) is 0 Å². The standard InChI is InChI=1S/C11H19NO4S/c1-7(6-17-3)12(2)10(13)8-4-5-9(16-8)11(14)15/h7-9H,4-6H2,1-3H3,(H,14,15)/t7?,8-,9+/m0/s1. The lowest BCUT2D eigenvalue weighted by molar-refractivity contribution is -0.154. The normalized spacial score (nSPS) is 25.6. The summed E-state index contributed by atoms with van der Waals surface area (Å²) in [6, 6.07) is 0.130. The number of rotatable bonds is 5. The molecule has 1 N–H and O–H groups in total. The van der Waals surface area contributed by atoms with Crippen LogP contribution in [0.4, 0.5) is 0 Å². The average Bonchev–Trinajstić information content (AvgIpc) is 2.76. The van der Waals surface area contributed by atoms with Crippen LogP contribution in [0.15, 0.2) is 0 Å². The number of hydrogen-bond acceptors (Lipinski definition) is 4. The predicted molar refractivity (Wildman–Crippen MR) is 66.1 cm³/mol. The lowest BCUT2D eigenvalue weighted by Gasteiger charge is -2.26. The molecule has 0 saturated carbocycles. The first-order chi connectivity index (χ1) is 7.97. The number of nitrogens with zero attached hydrogens (tertiary/aromatic N) is 1. The highest BCUT2D eigenvalue weighted by atomic mass is 32.2. The summed E-state index contributed by atoms with van der Waals surface area (Å²) in [6.07, 6.45) is 1.47. The number of carboxylic acid groups (broad SMARTS) is 1. The molecule has 1 unspecified atom stereocenters. The summed E-state index contributed by atoms with van der Waals surface area (Å²) in [7, 11) is 1.74. The van der Waals surface area contributed by atoms with E-state index in [-0.39, 0.29) is 11.9 Å². The number of carbonyl (C=O) groups is 2. The van der Waals surface area contributed by atoms with Crippen LogP contribution < -0.4 is 0 Å². The minimum Gasteiger partial charge on any atom is -0.479 e. The summed E-state index contributed by atoms with van der Waals surface area (Å²) in [6.45, 7) is 1.97. The number of hydrogen-bond donors (Lipinski definition) is 1. The van der Waals surface area contributed by atoms with E-state index in [1.807, 2.05) is 13.2 Å². The highest BCUT2D eigenvalue weighted by Gasteiger charge is 2.36. The lowest BCUT2D eigenvalue weighted by Crippen LogP contribution is -2.43. The molecule has 98 valence electrons. The smallest absolute Gasteiger partial charge is 0.332 e. The van der Waals surface area contributed by atoms with E-state index < -0.39 is 18.2 Å². The Hall–Kier alpha value is -0.750. The Balaban J connectivity index is 2.51. The van der Waals surface area contributed by atoms with Crippen molar-refractivity contribution in [1.82, 2.24) is 4.90 Å². The van der Waals surface area contributed by atoms with Gasteiger partial charge in [0.15, 0.2) is 6.10 Å². The number of amides is 1. The van der Waals surface area contributed by atoms with Gasteiger partial charge in [-0.25, -0.2) is 4.79 Å². The molecule has 1 heterocycles. The number of carboxylic acids is 1. The maximum absolute atomic E-state index is 12.0. The Morgan fingerprint density at radius 1 is 1.47 bits per heavy atom. The Kier molecular flexibility index (Phi) is 5.27. The van der Waals surface area contributed by atoms with Gasteiger partial charge >= 0.3 is 5.97 Å². The summed E-state index contributed by atoms with van der Waals surface area (Å²) < 4.78 is 5.24. The summed E-state index contributed by atoms with van der Waals surface area (Å²) in [4.78, 5) is 24.4. The van der Waals surface area contributed by atoms with Gasteiger partial charge in [0.25, 0.3) is 5.91 Å². The molecule has 0 spiro atoms. The Morgan fingerprint density at radius 3 is 2.53 bits per heavy atom. The maximum atomic E-state index is 12.0. The van der Waals surface area contributed by atoms with Crippen molar-refractivity contribution in [2.45, 2.75) is 38.0 Å². The van der Waals surface area contributed by atoms with Crippen molar-refractivity contribution in [2.24, 2.45) is 0 Å². The van der Waals surface area contributed by atoms with Gasteiger partial charge in [0, 0.05) is 18.8 Å². The molecule has 0 radical (unpaired) electrons. The zero-order valence-electron chi connectivity index (χ0n) is 10.4. The third kappa shape index (κ3) is 3.61. The van der Waals surface area contributed by atoms with Crippen molar-refractivity contribution in [3.63, 3.8) is 0 Å². The van der Waals surface area contributed by atoms with E-state index >= 15 is 0 Å². The van der Waals surface area contributed by atoms with Crippen LogP contribution in [0.25, 0.3) is 0 Å². The van der Waals surface area contributed by atoms with Crippen molar-refractivity contribution < 1.29 is 19.4 Å². The number of carbonyl (C=O) groups excluding carboxylic acids is 1. The molecule has 0 aromatic carbocycles. The fourth-order valence-corrected chi connectivity index (χ4v) is 2.50. The molecule has 1 fully saturated rings. The van der Waals surface area contributed by atoms with Gasteiger partial charge in [-0.2, -0.15) is 11.8 Å². The molecule has 0 aromatic heterocycles. The first-order valence-electron chi connectivity index (χ1n) is 5.61. The molecular weight excluding hydrogens is 242 g/mol. The molecule has 0 aliphatic carbocycles. The Bertz CT molecular complexity index is 297. The van der Waals surface area contributed by atoms with E-state index in [0.29, 0.717) is 12.8 Å². The molecule has 1 rings (SSSR count). The largest absolute Gasteiger partial charge is 0.479 e. The van der Waals surface area contributed by atoms with Crippen molar-refractivity contribution >= 4 is 23.6 Å². The van der Waals surface area contributed by atoms with Crippen LogP contribution in [0.1, 0.15) is 19.8 Å². The zero-order valence-corrected chi connectivity index (χ0v) is 11.2. The maximum Gasteiger partial charge on any atom is 0.332 e. The fourth-order valence-electron chi connectivity index (χ4n) is 1.80. The number of aliphatic carboxylic acids is 1. The Morgan fingerprint density at radius 2 is 2.06 bits per heavy atom. The molecule has 1 aliphatic rings. The quantitative estimate of drug-likeness (QED) is 0.794. The topological polar surface area (TPSA) is 66.8 Å². The van der Waals surface area contributed by atoms with Gasteiger partial charge in [0.1, 0.15) is 6.10 Å². The summed E-state index contributed by atoms with van der Waals surface area (Å²) in [5, 5.41) is 8.79. The van der Waals surface area contributed by atoms with E-state index in [1.165, 1.54) is 0 Å². The van der Waals surface area contributed by atoms with Gasteiger partial charge < -0.3 is 14.7 Å². The van der Waals surface area contributed by atoms with Crippen molar-refractivity contribution in [1.29, 1.82) is 0 Å². The van der Waals surface area contributed by atoms with Crippen molar-refractivity contribution in [2.75, 3.05) is 19.1 Å². The van der Waals surface area contributed by atoms with Gasteiger partial charge in [-0.1, -0.05) is 0 Å². The molecule has 1 saturated heterocycles. The molecular formula is C11H19NO4S. The third-order valence-electron chi connectivity index (χ3n) is 2.99. The summed E-state index contributed by atoms with van der Waals surface area (Å²) in [5.41, 5.74) is 0. The monoisotopic (exact) mass is 261 g/mol. The lowest BCUT2D eigenvalue weighted by atomic mass is 10.1. The van der Waals surface area contributed by atoms with Gasteiger partial charge in [-0.05, 0) is 26.0 Å². The molecule has 17 heavy (non-hydrogen) atoms. The van der Waals surface area contributed by atoms with Crippen molar-refractivity contribution in [3.05, 3.63) is 0 Å². The van der Waals surface area contributed by atoms with Crippen LogP contribution in [0.2, 0.25) is 0 Å². The predicted octanol–water partition coefficient (Wildman–Crippen LogP) is 0.829. The Labute approximate surface area is 105 Å². The molecule has 1 aliphatic heterocycles. The minimum absolute atomic E-state index is 0.115. The van der Waals surface area contributed by atoms with Crippen LogP contribution in [0.3, 0.4) is 0 Å². The van der Waals surface area contributed by atoms with Gasteiger partial charge in [0.2, 0.25) is 0 Å². The molecule has 0 bridgehead atoms. The first kappa shape index (κ1) is 14.3. The molecule has 5 nitrogen and oxygen atoms in total. The zero-order chi connectivity index (χ0) is 13.0. The second-order valence-electron chi connectivity index (χ2n) is 4.28. The van der Waals surface area contributed by atoms with Gasteiger partial charge in [-0.3, -0.25) is 4.79 Å². The van der Waals surface area contributed by atoms with E-state index in [9.17, 15) is 9.59 Å². The van der Waals surface area contributed by atoms with E-state index in [0.717, 1.165) is 5.75 Å². The van der Waals surface area contributed by atoms with E-state index in [1.54, 1.807) is 23.7 Å². The van der Waals surface area contributed by atoms with E-state index in [4.69, 9.17) is 9.84 Å². The molecule has 0 aromatic rings. The summed E-state index contributed by atoms with van der Waals surface area (Å²) in [5.74, 6) is -0.243. The SMILES string of the molecule is CSCC(C)N(C)C(=O)[C@@H]1CC[C@H](C(=O)O)O1. The second-order valence-corrected chi connectivity index (χ2v) is 5.19. The van der Waals surface area contributed by atoms with Crippen LogP contribution in [-0.2, 0) is 14.3 Å². The molecule has 3 atom stereocenters. The minimum atomic E-state index is -0.986. The second kappa shape index (κ2) is 6.26. The van der Waals surface area contributed by atoms with E-state index in [2.05, 4.69) is 0 Å². The average molecular weight is 261 g/mol. The highest BCUT2D eigenvalue weighted by molar-refractivity contribution is 7.98. The van der Waals surface area contributed by atoms with Crippen LogP contribution >= 0.6 is 11.8 Å². The fraction of sp³-hybridized carbons (Fsp3) is 0.818. The third-order valence-corrected chi connectivity index (χ3v) is 3.80. The highest BCUT2D eigenvalue weighted by Crippen LogP contribution is 2.22. The molecule has 1 amide bonds. The van der Waals surface area contributed by atoms with Crippen LogP contribution in [0, 0.1) is 0 Å². The molecule has 6 heteroatoms. The number of likely N-dealkylation sites (N-methyl/N-ethyl adjacent to an activating group) is 1. The first-order valence-corrected chi connectivity index (χ1v) is 7.00. The van der Waals surface area contributed by atoms with Gasteiger partial charge in [-0.15, -0.1) is 0 Å². The van der Waals surface area contributed by atoms with Crippen molar-refractivity contribution in [3.8, 4) is 0 Å². The number of thioether (sulfide) groups is 1. The van der Waals surface area contributed by atoms with Crippen LogP contribution in [-0.4, -0.2) is 59.2 Å². The summed E-state index contributed by atoms with van der Waals surface area (Å²) >= 11 is 1.67. The number of ether oxygens (including phenoxy) is 1. The van der Waals surface area contributed by atoms with Gasteiger partial charge in [0.05, 0.1) is 0 Å².